The molecule has 1 aliphatic rings. The van der Waals surface area contributed by atoms with Gasteiger partial charge in [-0.05, 0) is 48.9 Å². The number of anilines is 2. The molecule has 1 fully saturated rings. The molecule has 0 amide bonds. The Labute approximate surface area is 177 Å². The van der Waals surface area contributed by atoms with E-state index in [9.17, 15) is 0 Å². The highest BCUT2D eigenvalue weighted by Gasteiger charge is 2.23. The zero-order valence-electron chi connectivity index (χ0n) is 16.5. The second kappa shape index (κ2) is 10.0. The summed E-state index contributed by atoms with van der Waals surface area (Å²) < 4.78 is 0. The van der Waals surface area contributed by atoms with Gasteiger partial charge in [-0.3, -0.25) is 0 Å². The number of aryl methyl sites for hydroxylation is 1. The predicted molar refractivity (Wildman–Crippen MR) is 121 cm³/mol. The van der Waals surface area contributed by atoms with Crippen molar-refractivity contribution >= 4 is 40.7 Å². The molecule has 3 rings (SSSR count). The van der Waals surface area contributed by atoms with Crippen LogP contribution in [-0.4, -0.2) is 34.7 Å². The van der Waals surface area contributed by atoms with E-state index in [0.717, 1.165) is 38.3 Å². The minimum atomic E-state index is 0.422. The molecule has 1 saturated heterocycles. The Bertz CT molecular complexity index is 776. The first-order valence-corrected chi connectivity index (χ1v) is 10.7. The average molecular weight is 418 g/mol. The van der Waals surface area contributed by atoms with E-state index in [1.165, 1.54) is 12.0 Å². The second-order valence-corrected chi connectivity index (χ2v) is 8.49. The molecular weight excluding hydrogens is 390 g/mol. The lowest BCUT2D eigenvalue weighted by atomic mass is 9.92. The van der Waals surface area contributed by atoms with E-state index in [4.69, 9.17) is 23.8 Å². The van der Waals surface area contributed by atoms with Crippen LogP contribution in [0.2, 0.25) is 5.15 Å². The molecule has 150 valence electrons. The second-order valence-electron chi connectivity index (χ2n) is 7.69. The van der Waals surface area contributed by atoms with E-state index in [-0.39, 0.29) is 0 Å². The van der Waals surface area contributed by atoms with Crippen LogP contribution in [0.4, 0.5) is 11.8 Å². The zero-order chi connectivity index (χ0) is 19.9. The normalized spacial score (nSPS) is 19.3. The van der Waals surface area contributed by atoms with Crippen LogP contribution in [0.5, 0.6) is 0 Å². The highest BCUT2D eigenvalue weighted by molar-refractivity contribution is 7.80. The van der Waals surface area contributed by atoms with E-state index in [2.05, 4.69) is 63.6 Å². The van der Waals surface area contributed by atoms with Crippen LogP contribution in [0.15, 0.2) is 36.4 Å². The molecule has 1 aliphatic heterocycles. The van der Waals surface area contributed by atoms with E-state index >= 15 is 0 Å². The molecule has 1 aromatic heterocycles. The summed E-state index contributed by atoms with van der Waals surface area (Å²) in [6.45, 7) is 7.31. The summed E-state index contributed by atoms with van der Waals surface area (Å²) >= 11 is 11.6. The molecule has 2 N–H and O–H groups in total. The van der Waals surface area contributed by atoms with Gasteiger partial charge < -0.3 is 15.5 Å². The number of aromatic nitrogens is 2. The minimum Gasteiger partial charge on any atom is -0.362 e. The molecule has 0 spiro atoms. The Morgan fingerprint density at radius 2 is 1.89 bits per heavy atom. The number of nitrogens with one attached hydrogen (secondary N) is 2. The number of benzene rings is 1. The van der Waals surface area contributed by atoms with Crippen molar-refractivity contribution in [3.05, 3.63) is 47.1 Å². The van der Waals surface area contributed by atoms with Crippen molar-refractivity contribution in [1.29, 1.82) is 0 Å². The average Bonchev–Trinajstić information content (AvgIpc) is 2.65. The fourth-order valence-corrected chi connectivity index (χ4v) is 4.13. The third kappa shape index (κ3) is 6.31. The van der Waals surface area contributed by atoms with Crippen LogP contribution in [0.3, 0.4) is 0 Å². The first kappa shape index (κ1) is 20.8. The third-order valence-corrected chi connectivity index (χ3v) is 5.31. The summed E-state index contributed by atoms with van der Waals surface area (Å²) in [5, 5.41) is 7.22. The highest BCUT2D eigenvalue weighted by atomic mass is 35.5. The van der Waals surface area contributed by atoms with Crippen LogP contribution in [0.1, 0.15) is 32.3 Å². The monoisotopic (exact) mass is 417 g/mol. The Balaban J connectivity index is 1.52. The summed E-state index contributed by atoms with van der Waals surface area (Å²) in [6.07, 6.45) is 3.26. The highest BCUT2D eigenvalue weighted by Crippen LogP contribution is 2.27. The summed E-state index contributed by atoms with van der Waals surface area (Å²) in [5.74, 6) is 2.57. The molecule has 0 bridgehead atoms. The third-order valence-electron chi connectivity index (χ3n) is 4.87. The van der Waals surface area contributed by atoms with Gasteiger partial charge in [0, 0.05) is 25.7 Å². The molecule has 0 aliphatic carbocycles. The Morgan fingerprint density at radius 1 is 1.18 bits per heavy atom. The lowest BCUT2D eigenvalue weighted by Crippen LogP contribution is -2.39. The van der Waals surface area contributed by atoms with Crippen molar-refractivity contribution in [1.82, 2.24) is 15.3 Å². The minimum absolute atomic E-state index is 0.422. The number of hydrogen-bond acceptors (Lipinski definition) is 4. The standard InChI is InChI=1S/C21H28ClN5S/c1-15-11-16(2)14-27(13-15)19-12-18(22)24-20(25-19)26-21(28)23-10-6-9-17-7-4-3-5-8-17/h3-5,7-8,12,15-16H,6,9-11,13-14H2,1-2H3,(H2,23,24,25,26,28). The number of rotatable bonds is 6. The summed E-state index contributed by atoms with van der Waals surface area (Å²) in [4.78, 5) is 11.2. The first-order valence-electron chi connectivity index (χ1n) is 9.88. The summed E-state index contributed by atoms with van der Waals surface area (Å²) in [7, 11) is 0. The lowest BCUT2D eigenvalue weighted by molar-refractivity contribution is 0.355. The van der Waals surface area contributed by atoms with Crippen molar-refractivity contribution in [3.63, 3.8) is 0 Å². The van der Waals surface area contributed by atoms with Gasteiger partial charge in [-0.2, -0.15) is 4.98 Å². The van der Waals surface area contributed by atoms with E-state index in [1.807, 2.05) is 12.1 Å². The molecule has 0 radical (unpaired) electrons. The Hall–Kier alpha value is -1.92. The molecule has 1 aromatic carbocycles. The van der Waals surface area contributed by atoms with Crippen LogP contribution < -0.4 is 15.5 Å². The number of hydrogen-bond donors (Lipinski definition) is 2. The van der Waals surface area contributed by atoms with Crippen molar-refractivity contribution in [2.45, 2.75) is 33.1 Å². The molecule has 7 heteroatoms. The van der Waals surface area contributed by atoms with Gasteiger partial charge in [-0.25, -0.2) is 4.98 Å². The molecule has 5 nitrogen and oxygen atoms in total. The quantitative estimate of drug-likeness (QED) is 0.409. The largest absolute Gasteiger partial charge is 0.362 e. The van der Waals surface area contributed by atoms with Crippen molar-refractivity contribution in [3.8, 4) is 0 Å². The molecule has 28 heavy (non-hydrogen) atoms. The summed E-state index contributed by atoms with van der Waals surface area (Å²) in [6, 6.07) is 12.3. The van der Waals surface area contributed by atoms with Gasteiger partial charge in [-0.15, -0.1) is 0 Å². The van der Waals surface area contributed by atoms with Gasteiger partial charge in [-0.1, -0.05) is 55.8 Å². The Morgan fingerprint density at radius 3 is 2.61 bits per heavy atom. The van der Waals surface area contributed by atoms with Crippen molar-refractivity contribution in [2.75, 3.05) is 29.9 Å². The number of piperidine rings is 1. The molecule has 2 aromatic rings. The Kier molecular flexibility index (Phi) is 7.45. The van der Waals surface area contributed by atoms with Gasteiger partial charge in [0.25, 0.3) is 0 Å². The molecule has 2 unspecified atom stereocenters. The zero-order valence-corrected chi connectivity index (χ0v) is 18.1. The SMILES string of the molecule is CC1CC(C)CN(c2cc(Cl)nc(NC(=S)NCCCc3ccccc3)n2)C1. The maximum atomic E-state index is 6.24. The topological polar surface area (TPSA) is 53.1 Å². The smallest absolute Gasteiger partial charge is 0.232 e. The number of halogens is 1. The lowest BCUT2D eigenvalue weighted by Gasteiger charge is -2.35. The van der Waals surface area contributed by atoms with Crippen LogP contribution >= 0.6 is 23.8 Å². The molecular formula is C21H28ClN5S. The van der Waals surface area contributed by atoms with Gasteiger partial charge in [0.1, 0.15) is 11.0 Å². The van der Waals surface area contributed by atoms with E-state index < -0.39 is 0 Å². The van der Waals surface area contributed by atoms with Crippen LogP contribution in [0, 0.1) is 11.8 Å². The van der Waals surface area contributed by atoms with Gasteiger partial charge in [0.05, 0.1) is 0 Å². The first-order chi connectivity index (χ1) is 13.5. The van der Waals surface area contributed by atoms with Gasteiger partial charge in [0.2, 0.25) is 5.95 Å². The van der Waals surface area contributed by atoms with Gasteiger partial charge in [0.15, 0.2) is 5.11 Å². The van der Waals surface area contributed by atoms with Crippen LogP contribution in [0.25, 0.3) is 0 Å². The fraction of sp³-hybridized carbons (Fsp3) is 0.476. The van der Waals surface area contributed by atoms with Crippen molar-refractivity contribution in [2.24, 2.45) is 11.8 Å². The summed E-state index contributed by atoms with van der Waals surface area (Å²) in [5.41, 5.74) is 1.33. The van der Waals surface area contributed by atoms with Crippen molar-refractivity contribution < 1.29 is 0 Å². The predicted octanol–water partition coefficient (Wildman–Crippen LogP) is 4.53. The van der Waals surface area contributed by atoms with Crippen LogP contribution in [-0.2, 0) is 6.42 Å². The van der Waals surface area contributed by atoms with E-state index in [0.29, 0.717) is 28.0 Å². The fourth-order valence-electron chi connectivity index (χ4n) is 3.76. The number of thiocarbonyl (C=S) groups is 1. The van der Waals surface area contributed by atoms with E-state index in [1.54, 1.807) is 0 Å². The molecule has 2 atom stereocenters. The maximum Gasteiger partial charge on any atom is 0.232 e. The molecule has 2 heterocycles. The number of nitrogens with zero attached hydrogens (tertiary/aromatic N) is 3. The van der Waals surface area contributed by atoms with Gasteiger partial charge >= 0.3 is 0 Å². The molecule has 0 saturated carbocycles. The maximum absolute atomic E-state index is 6.24.